The first-order valence-electron chi connectivity index (χ1n) is 13.8. The Morgan fingerprint density at radius 1 is 0.881 bits per heavy atom. The number of carbonyl (C=O) groups excluding carboxylic acids is 4. The number of fused-ring (bicyclic) bond motifs is 4. The number of amides is 4. The summed E-state index contributed by atoms with van der Waals surface area (Å²) in [4.78, 5) is 60.1. The van der Waals surface area contributed by atoms with Crippen LogP contribution < -0.4 is 4.74 Å². The third-order valence-corrected chi connectivity index (χ3v) is 11.6. The van der Waals surface area contributed by atoms with Crippen LogP contribution in [0.3, 0.4) is 0 Å². The lowest BCUT2D eigenvalue weighted by atomic mass is 9.57. The van der Waals surface area contributed by atoms with Gasteiger partial charge in [0.2, 0.25) is 23.6 Å². The Hall–Kier alpha value is -3.28. The number of carbonyl (C=O) groups is 4. The average Bonchev–Trinajstić information content (AvgIpc) is 3.78. The van der Waals surface area contributed by atoms with Crippen LogP contribution in [0.5, 0.6) is 11.5 Å². The van der Waals surface area contributed by atoms with Gasteiger partial charge in [0.05, 0.1) is 48.3 Å². The van der Waals surface area contributed by atoms with Gasteiger partial charge in [0.15, 0.2) is 11.5 Å². The van der Waals surface area contributed by atoms with Crippen molar-refractivity contribution in [1.29, 1.82) is 0 Å². The van der Waals surface area contributed by atoms with Gasteiger partial charge < -0.3 is 9.84 Å². The molecule has 2 aromatic heterocycles. The minimum atomic E-state index is -0.660. The van der Waals surface area contributed by atoms with Crippen molar-refractivity contribution in [3.05, 3.63) is 78.6 Å². The molecule has 2 aliphatic heterocycles. The van der Waals surface area contributed by atoms with Gasteiger partial charge in [0.1, 0.15) is 0 Å². The van der Waals surface area contributed by atoms with E-state index >= 15 is 0 Å². The smallest absolute Gasteiger partial charge is 0.234 e. The number of nitrogens with zero attached hydrogens (tertiary/aromatic N) is 2. The van der Waals surface area contributed by atoms with Gasteiger partial charge in [0, 0.05) is 15.7 Å². The highest BCUT2D eigenvalue weighted by Gasteiger charge is 2.62. The van der Waals surface area contributed by atoms with E-state index in [1.54, 1.807) is 12.1 Å². The van der Waals surface area contributed by atoms with Crippen molar-refractivity contribution in [2.75, 3.05) is 7.11 Å². The Morgan fingerprint density at radius 3 is 2.10 bits per heavy atom. The third kappa shape index (κ3) is 4.19. The molecule has 1 aromatic carbocycles. The van der Waals surface area contributed by atoms with E-state index in [0.717, 1.165) is 15.3 Å². The van der Waals surface area contributed by atoms with Crippen LogP contribution in [0.1, 0.15) is 34.1 Å². The number of hydrogen-bond acceptors (Lipinski definition) is 8. The van der Waals surface area contributed by atoms with Gasteiger partial charge in [-0.2, -0.15) is 0 Å². The second kappa shape index (κ2) is 10.5. The fourth-order valence-electron chi connectivity index (χ4n) is 7.45. The molecule has 8 nitrogen and oxygen atoms in total. The summed E-state index contributed by atoms with van der Waals surface area (Å²) in [7, 11) is 1.46. The first-order valence-corrected chi connectivity index (χ1v) is 16.3. The summed E-state index contributed by atoms with van der Waals surface area (Å²) in [6.07, 6.45) is 2.76. The minimum absolute atomic E-state index is 0.0585. The first-order chi connectivity index (χ1) is 20.3. The number of benzene rings is 1. The maximum absolute atomic E-state index is 14.1. The van der Waals surface area contributed by atoms with E-state index in [4.69, 9.17) is 4.74 Å². The lowest BCUT2D eigenvalue weighted by molar-refractivity contribution is -0.142. The molecule has 4 heterocycles. The van der Waals surface area contributed by atoms with Crippen molar-refractivity contribution in [3.63, 3.8) is 0 Å². The maximum Gasteiger partial charge on any atom is 0.234 e. The molecule has 4 amide bonds. The van der Waals surface area contributed by atoms with E-state index in [2.05, 4.69) is 15.9 Å². The second-order valence-electron chi connectivity index (χ2n) is 11.3. The van der Waals surface area contributed by atoms with Crippen molar-refractivity contribution >= 4 is 62.2 Å². The molecule has 3 aromatic rings. The fourth-order valence-corrected chi connectivity index (χ4v) is 9.30. The molecule has 11 heteroatoms. The number of likely N-dealkylation sites (tertiary alicyclic amines) is 2. The summed E-state index contributed by atoms with van der Waals surface area (Å²) >= 11 is 6.43. The van der Waals surface area contributed by atoms with Crippen molar-refractivity contribution in [2.24, 2.45) is 29.6 Å². The van der Waals surface area contributed by atoms with Gasteiger partial charge in [0.25, 0.3) is 0 Å². The molecule has 42 heavy (non-hydrogen) atoms. The molecule has 6 atom stereocenters. The van der Waals surface area contributed by atoms with Crippen LogP contribution in [0.2, 0.25) is 0 Å². The van der Waals surface area contributed by atoms with E-state index in [9.17, 15) is 24.3 Å². The van der Waals surface area contributed by atoms with E-state index < -0.39 is 29.6 Å². The molecular weight excluding hydrogens is 640 g/mol. The number of hydrogen-bond donors (Lipinski definition) is 1. The summed E-state index contributed by atoms with van der Waals surface area (Å²) < 4.78 is 5.85. The number of halogens is 1. The van der Waals surface area contributed by atoms with E-state index in [1.165, 1.54) is 39.6 Å². The SMILES string of the molecule is COc1cc(C2C3=CCC4C(=O)N(Cc5cccs5)C(=O)C4C3CC3C(=O)N(Cc4cccs4)C(=O)C32)cc(Br)c1O. The number of phenolic OH excluding ortho intramolecular Hbond substituents is 1. The summed E-state index contributed by atoms with van der Waals surface area (Å²) in [6, 6.07) is 11.1. The van der Waals surface area contributed by atoms with Gasteiger partial charge >= 0.3 is 0 Å². The number of thiophene rings is 2. The van der Waals surface area contributed by atoms with Crippen LogP contribution in [0.4, 0.5) is 0 Å². The molecule has 4 aliphatic rings. The van der Waals surface area contributed by atoms with Gasteiger partial charge in [-0.3, -0.25) is 29.0 Å². The zero-order valence-corrected chi connectivity index (χ0v) is 25.8. The second-order valence-corrected chi connectivity index (χ2v) is 14.2. The molecule has 2 aliphatic carbocycles. The highest BCUT2D eigenvalue weighted by atomic mass is 79.9. The number of methoxy groups -OCH3 is 1. The highest BCUT2D eigenvalue weighted by Crippen LogP contribution is 2.59. The minimum Gasteiger partial charge on any atom is -0.503 e. The topological polar surface area (TPSA) is 104 Å². The number of ether oxygens (including phenoxy) is 1. The van der Waals surface area contributed by atoms with E-state index in [1.807, 2.05) is 41.1 Å². The summed E-state index contributed by atoms with van der Waals surface area (Å²) in [5.41, 5.74) is 1.63. The Balaban J connectivity index is 1.31. The number of imide groups is 2. The molecule has 0 bridgehead atoms. The van der Waals surface area contributed by atoms with Gasteiger partial charge in [-0.1, -0.05) is 23.8 Å². The van der Waals surface area contributed by atoms with Crippen LogP contribution in [0.25, 0.3) is 0 Å². The summed E-state index contributed by atoms with van der Waals surface area (Å²) in [6.45, 7) is 0.452. The zero-order chi connectivity index (χ0) is 29.3. The van der Waals surface area contributed by atoms with Crippen molar-refractivity contribution in [1.82, 2.24) is 9.80 Å². The number of rotatable bonds is 6. The van der Waals surface area contributed by atoms with Crippen LogP contribution >= 0.6 is 38.6 Å². The molecule has 2 saturated heterocycles. The molecule has 1 N–H and O–H groups in total. The molecular formula is C31H27BrN2O6S2. The fraction of sp³-hybridized carbons (Fsp3) is 0.355. The third-order valence-electron chi connectivity index (χ3n) is 9.25. The predicted octanol–water partition coefficient (Wildman–Crippen LogP) is 5.32. The van der Waals surface area contributed by atoms with Crippen LogP contribution in [-0.2, 0) is 32.3 Å². The van der Waals surface area contributed by atoms with E-state index in [-0.39, 0.29) is 54.1 Å². The van der Waals surface area contributed by atoms with Crippen molar-refractivity contribution in [3.8, 4) is 11.5 Å². The molecule has 1 saturated carbocycles. The lowest BCUT2D eigenvalue weighted by Gasteiger charge is -2.44. The Labute approximate surface area is 258 Å². The summed E-state index contributed by atoms with van der Waals surface area (Å²) in [5, 5.41) is 14.4. The summed E-state index contributed by atoms with van der Waals surface area (Å²) in [5.74, 6) is -3.90. The lowest BCUT2D eigenvalue weighted by Crippen LogP contribution is -2.43. The molecule has 3 fully saturated rings. The maximum atomic E-state index is 14.1. The molecule has 0 radical (unpaired) electrons. The van der Waals surface area contributed by atoms with Crippen LogP contribution in [0.15, 0.2) is 63.3 Å². The Kier molecular flexibility index (Phi) is 6.86. The van der Waals surface area contributed by atoms with Gasteiger partial charge in [-0.05, 0) is 75.3 Å². The standard InChI is InChI=1S/C31H27BrN2O6S2/c1-40-23-11-15(10-22(32)27(23)35)24-18-6-7-19-25(30(38)33(28(19)36)13-16-4-2-8-41-16)20(18)12-21-26(24)31(39)34(29(21)37)14-17-5-3-9-42-17/h2-6,8-11,19-21,24-26,35H,7,12-14H2,1H3. The zero-order valence-electron chi connectivity index (χ0n) is 22.6. The van der Waals surface area contributed by atoms with Crippen LogP contribution in [-0.4, -0.2) is 45.6 Å². The average molecular weight is 668 g/mol. The molecule has 7 rings (SSSR count). The monoisotopic (exact) mass is 666 g/mol. The largest absolute Gasteiger partial charge is 0.503 e. The molecule has 6 unspecified atom stereocenters. The van der Waals surface area contributed by atoms with E-state index in [0.29, 0.717) is 22.9 Å². The quantitative estimate of drug-likeness (QED) is 0.282. The number of phenols is 1. The normalized spacial score (nSPS) is 28.6. The van der Waals surface area contributed by atoms with Crippen LogP contribution in [0, 0.1) is 29.6 Å². The van der Waals surface area contributed by atoms with Gasteiger partial charge in [-0.15, -0.1) is 22.7 Å². The highest BCUT2D eigenvalue weighted by molar-refractivity contribution is 9.10. The number of allylic oxidation sites excluding steroid dienone is 2. The Bertz CT molecular complexity index is 1630. The predicted molar refractivity (Wildman–Crippen MR) is 160 cm³/mol. The molecule has 216 valence electrons. The van der Waals surface area contributed by atoms with Crippen molar-refractivity contribution < 1.29 is 29.0 Å². The van der Waals surface area contributed by atoms with Gasteiger partial charge in [-0.25, -0.2) is 0 Å². The van der Waals surface area contributed by atoms with Crippen molar-refractivity contribution in [2.45, 2.75) is 31.8 Å². The number of aromatic hydroxyl groups is 1. The Morgan fingerprint density at radius 2 is 1.50 bits per heavy atom. The first kappa shape index (κ1) is 27.5. The molecule has 0 spiro atoms.